The summed E-state index contributed by atoms with van der Waals surface area (Å²) in [6, 6.07) is 0. The first-order valence-electron chi connectivity index (χ1n) is 5.11. The van der Waals surface area contributed by atoms with Crippen molar-refractivity contribution < 1.29 is 19.4 Å². The van der Waals surface area contributed by atoms with Crippen molar-refractivity contribution in [1.29, 1.82) is 0 Å². The van der Waals surface area contributed by atoms with Gasteiger partial charge < -0.3 is 9.84 Å². The number of allylic oxidation sites excluding steroid dienone is 1. The molecule has 0 aromatic carbocycles. The molecule has 1 N–H and O–H groups in total. The predicted octanol–water partition coefficient (Wildman–Crippen LogP) is 2.00. The van der Waals surface area contributed by atoms with Crippen molar-refractivity contribution in [3.8, 4) is 0 Å². The average molecular weight is 214 g/mol. The van der Waals surface area contributed by atoms with Crippen LogP contribution >= 0.6 is 0 Å². The van der Waals surface area contributed by atoms with Gasteiger partial charge in [-0.1, -0.05) is 13.0 Å². The van der Waals surface area contributed by atoms with Gasteiger partial charge in [0.25, 0.3) is 0 Å². The highest BCUT2D eigenvalue weighted by Gasteiger charge is 2.16. The lowest BCUT2D eigenvalue weighted by Gasteiger charge is -2.10. The number of carboxylic acids is 1. The molecule has 4 nitrogen and oxygen atoms in total. The first-order valence-corrected chi connectivity index (χ1v) is 5.11. The predicted molar refractivity (Wildman–Crippen MR) is 56.4 cm³/mol. The molecule has 4 heteroatoms. The lowest BCUT2D eigenvalue weighted by atomic mass is 10.0. The van der Waals surface area contributed by atoms with Crippen LogP contribution < -0.4 is 0 Å². The minimum Gasteiger partial charge on any atom is -0.481 e. The van der Waals surface area contributed by atoms with Crippen LogP contribution in [0.4, 0.5) is 0 Å². The summed E-state index contributed by atoms with van der Waals surface area (Å²) in [7, 11) is 0. The van der Waals surface area contributed by atoms with Crippen LogP contribution in [0.5, 0.6) is 0 Å². The van der Waals surface area contributed by atoms with Crippen LogP contribution in [-0.4, -0.2) is 23.7 Å². The monoisotopic (exact) mass is 214 g/mol. The number of carboxylic acid groups (broad SMARTS) is 1. The quantitative estimate of drug-likeness (QED) is 0.495. The third-order valence-corrected chi connectivity index (χ3v) is 2.09. The highest BCUT2D eigenvalue weighted by atomic mass is 16.5. The molecule has 0 saturated heterocycles. The van der Waals surface area contributed by atoms with Gasteiger partial charge in [-0.05, 0) is 19.3 Å². The molecule has 1 unspecified atom stereocenters. The van der Waals surface area contributed by atoms with Gasteiger partial charge in [0.2, 0.25) is 0 Å². The molecule has 86 valence electrons. The number of carbonyl (C=O) groups is 2. The van der Waals surface area contributed by atoms with Gasteiger partial charge in [-0.2, -0.15) is 0 Å². The van der Waals surface area contributed by atoms with E-state index in [0.29, 0.717) is 25.7 Å². The molecule has 0 aliphatic rings. The van der Waals surface area contributed by atoms with Gasteiger partial charge >= 0.3 is 11.9 Å². The van der Waals surface area contributed by atoms with E-state index in [1.54, 1.807) is 13.0 Å². The van der Waals surface area contributed by atoms with Crippen molar-refractivity contribution in [2.45, 2.75) is 32.6 Å². The van der Waals surface area contributed by atoms with E-state index in [-0.39, 0.29) is 12.6 Å². The summed E-state index contributed by atoms with van der Waals surface area (Å²) in [5.74, 6) is -1.58. The van der Waals surface area contributed by atoms with Crippen molar-refractivity contribution >= 4 is 11.9 Å². The fraction of sp³-hybridized carbons (Fsp3) is 0.636. The van der Waals surface area contributed by atoms with Crippen LogP contribution in [0, 0.1) is 5.92 Å². The molecule has 0 aliphatic heterocycles. The number of carbonyl (C=O) groups excluding carboxylic acids is 1. The minimum atomic E-state index is -0.843. The van der Waals surface area contributed by atoms with Crippen LogP contribution in [0.3, 0.4) is 0 Å². The highest BCUT2D eigenvalue weighted by Crippen LogP contribution is 2.12. The van der Waals surface area contributed by atoms with E-state index in [9.17, 15) is 9.59 Å². The molecule has 0 bridgehead atoms. The van der Waals surface area contributed by atoms with Gasteiger partial charge in [-0.25, -0.2) is 0 Å². The van der Waals surface area contributed by atoms with Gasteiger partial charge in [0.1, 0.15) is 0 Å². The molecular formula is C11H18O4. The normalized spacial score (nSPS) is 11.8. The van der Waals surface area contributed by atoms with Crippen molar-refractivity contribution in [3.05, 3.63) is 12.7 Å². The van der Waals surface area contributed by atoms with Gasteiger partial charge in [0, 0.05) is 6.42 Å². The summed E-state index contributed by atoms with van der Waals surface area (Å²) >= 11 is 0. The Bertz CT molecular complexity index is 223. The molecule has 1 atom stereocenters. The Morgan fingerprint density at radius 2 is 2.13 bits per heavy atom. The summed E-state index contributed by atoms with van der Waals surface area (Å²) in [6.07, 6.45) is 3.59. The molecule has 0 saturated carbocycles. The largest absolute Gasteiger partial charge is 0.481 e. The topological polar surface area (TPSA) is 63.6 Å². The molecule has 15 heavy (non-hydrogen) atoms. The molecule has 0 amide bonds. The maximum atomic E-state index is 10.8. The van der Waals surface area contributed by atoms with E-state index in [4.69, 9.17) is 9.84 Å². The Labute approximate surface area is 89.9 Å². The number of hydrogen-bond acceptors (Lipinski definition) is 3. The number of hydrogen-bond donors (Lipinski definition) is 1. The van der Waals surface area contributed by atoms with Crippen LogP contribution in [-0.2, 0) is 14.3 Å². The van der Waals surface area contributed by atoms with Gasteiger partial charge in [0.05, 0.1) is 12.5 Å². The smallest absolute Gasteiger partial charge is 0.306 e. The third-order valence-electron chi connectivity index (χ3n) is 2.09. The van der Waals surface area contributed by atoms with E-state index < -0.39 is 11.9 Å². The van der Waals surface area contributed by atoms with Gasteiger partial charge in [0.15, 0.2) is 0 Å². The second kappa shape index (κ2) is 8.03. The van der Waals surface area contributed by atoms with Crippen LogP contribution in [0.1, 0.15) is 32.6 Å². The molecule has 0 spiro atoms. The Hall–Kier alpha value is -1.32. The second-order valence-corrected chi connectivity index (χ2v) is 3.26. The maximum Gasteiger partial charge on any atom is 0.306 e. The number of ether oxygens (including phenoxy) is 1. The Balaban J connectivity index is 3.80. The summed E-state index contributed by atoms with van der Waals surface area (Å²) < 4.78 is 4.82. The van der Waals surface area contributed by atoms with E-state index in [2.05, 4.69) is 6.58 Å². The minimum absolute atomic E-state index is 0.181. The summed E-state index contributed by atoms with van der Waals surface area (Å²) in [6.45, 7) is 5.42. The second-order valence-electron chi connectivity index (χ2n) is 3.26. The molecular weight excluding hydrogens is 196 g/mol. The Morgan fingerprint density at radius 3 is 2.60 bits per heavy atom. The van der Waals surface area contributed by atoms with Crippen LogP contribution in [0.15, 0.2) is 12.7 Å². The van der Waals surface area contributed by atoms with Crippen molar-refractivity contribution in [1.82, 2.24) is 0 Å². The number of aliphatic carboxylic acids is 1. The van der Waals surface area contributed by atoms with Gasteiger partial charge in [-0.3, -0.25) is 9.59 Å². The first kappa shape index (κ1) is 13.7. The van der Waals surface area contributed by atoms with Crippen molar-refractivity contribution in [2.24, 2.45) is 5.92 Å². The lowest BCUT2D eigenvalue weighted by molar-refractivity contribution is -0.147. The number of esters is 1. The van der Waals surface area contributed by atoms with Crippen molar-refractivity contribution in [3.63, 3.8) is 0 Å². The highest BCUT2D eigenvalue weighted by molar-refractivity contribution is 5.70. The molecule has 0 aromatic heterocycles. The summed E-state index contributed by atoms with van der Waals surface area (Å²) in [4.78, 5) is 21.6. The molecule has 0 aromatic rings. The molecule has 0 radical (unpaired) electrons. The third kappa shape index (κ3) is 6.71. The molecule has 0 heterocycles. The standard InChI is InChI=1S/C11H18O4/c1-3-5-6-9(11(13)14)7-8-15-10(12)4-2/h3,9H,1,4-8H2,2H3,(H,13,14). The average Bonchev–Trinajstić information content (AvgIpc) is 2.22. The first-order chi connectivity index (χ1) is 7.11. The molecule has 0 fully saturated rings. The molecule has 0 rings (SSSR count). The zero-order valence-electron chi connectivity index (χ0n) is 9.07. The van der Waals surface area contributed by atoms with Crippen molar-refractivity contribution in [2.75, 3.05) is 6.61 Å². The summed E-state index contributed by atoms with van der Waals surface area (Å²) in [5, 5.41) is 8.85. The van der Waals surface area contributed by atoms with E-state index in [1.807, 2.05) is 0 Å². The number of rotatable bonds is 8. The molecule has 0 aliphatic carbocycles. The van der Waals surface area contributed by atoms with Crippen LogP contribution in [0.2, 0.25) is 0 Å². The zero-order valence-corrected chi connectivity index (χ0v) is 9.07. The zero-order chi connectivity index (χ0) is 11.7. The Morgan fingerprint density at radius 1 is 1.47 bits per heavy atom. The fourth-order valence-electron chi connectivity index (χ4n) is 1.13. The van der Waals surface area contributed by atoms with E-state index >= 15 is 0 Å². The summed E-state index contributed by atoms with van der Waals surface area (Å²) in [5.41, 5.74) is 0. The van der Waals surface area contributed by atoms with E-state index in [1.165, 1.54) is 0 Å². The Kier molecular flexibility index (Phi) is 7.32. The lowest BCUT2D eigenvalue weighted by Crippen LogP contribution is -2.17. The van der Waals surface area contributed by atoms with Crippen LogP contribution in [0.25, 0.3) is 0 Å². The van der Waals surface area contributed by atoms with E-state index in [0.717, 1.165) is 0 Å². The maximum absolute atomic E-state index is 10.8. The SMILES string of the molecule is C=CCCC(CCOC(=O)CC)C(=O)O. The van der Waals surface area contributed by atoms with Gasteiger partial charge in [-0.15, -0.1) is 6.58 Å². The fourth-order valence-corrected chi connectivity index (χ4v) is 1.13.